The Balaban J connectivity index is 1.59. The summed E-state index contributed by atoms with van der Waals surface area (Å²) in [5, 5.41) is 3.64. The van der Waals surface area contributed by atoms with E-state index in [9.17, 15) is 19.2 Å². The molecule has 2 aliphatic rings. The highest BCUT2D eigenvalue weighted by molar-refractivity contribution is 6.25. The van der Waals surface area contributed by atoms with Crippen molar-refractivity contribution < 1.29 is 28.7 Å². The SMILES string of the molecule is COc1cc(OCCN(C)C)ccc1Nc1cccc2c1C(=O)N(C1CCC(=O)N(N)C1=O)C2=O. The number of hydrazine groups is 1. The number of benzene rings is 2. The molecule has 2 aliphatic heterocycles. The molecule has 11 heteroatoms. The van der Waals surface area contributed by atoms with Gasteiger partial charge in [-0.3, -0.25) is 24.1 Å². The minimum Gasteiger partial charge on any atom is -0.494 e. The normalized spacial score (nSPS) is 17.8. The van der Waals surface area contributed by atoms with Crippen LogP contribution in [0, 0.1) is 0 Å². The number of rotatable bonds is 8. The van der Waals surface area contributed by atoms with Gasteiger partial charge >= 0.3 is 0 Å². The van der Waals surface area contributed by atoms with Crippen molar-refractivity contribution >= 4 is 35.0 Å². The molecule has 3 N–H and O–H groups in total. The van der Waals surface area contributed by atoms with Crippen LogP contribution in [0.25, 0.3) is 0 Å². The number of imide groups is 2. The molecule has 1 saturated heterocycles. The third kappa shape index (κ3) is 4.55. The molecule has 2 aromatic rings. The molecule has 0 aromatic heterocycles. The number of amides is 4. The molecule has 0 radical (unpaired) electrons. The Labute approximate surface area is 202 Å². The minimum absolute atomic E-state index is 0.0305. The summed E-state index contributed by atoms with van der Waals surface area (Å²) >= 11 is 0. The second-order valence-corrected chi connectivity index (χ2v) is 8.50. The van der Waals surface area contributed by atoms with Crippen LogP contribution in [0.2, 0.25) is 0 Å². The fourth-order valence-corrected chi connectivity index (χ4v) is 4.07. The number of nitrogens with one attached hydrogen (secondary N) is 1. The zero-order valence-electron chi connectivity index (χ0n) is 19.7. The van der Waals surface area contributed by atoms with Crippen LogP contribution in [0.3, 0.4) is 0 Å². The number of anilines is 2. The maximum absolute atomic E-state index is 13.3. The fraction of sp³-hybridized carbons (Fsp3) is 0.333. The molecule has 4 amide bonds. The monoisotopic (exact) mass is 481 g/mol. The average molecular weight is 482 g/mol. The maximum Gasteiger partial charge on any atom is 0.266 e. The second-order valence-electron chi connectivity index (χ2n) is 8.50. The lowest BCUT2D eigenvalue weighted by Crippen LogP contribution is -2.58. The number of ether oxygens (including phenoxy) is 2. The van der Waals surface area contributed by atoms with Crippen molar-refractivity contribution in [2.45, 2.75) is 18.9 Å². The second kappa shape index (κ2) is 9.72. The van der Waals surface area contributed by atoms with Crippen molar-refractivity contribution in [2.24, 2.45) is 5.84 Å². The summed E-state index contributed by atoms with van der Waals surface area (Å²) in [4.78, 5) is 53.6. The number of carbonyl (C=O) groups excluding carboxylic acids is 4. The van der Waals surface area contributed by atoms with Crippen LogP contribution < -0.4 is 20.6 Å². The first-order valence-corrected chi connectivity index (χ1v) is 11.1. The fourth-order valence-electron chi connectivity index (χ4n) is 4.07. The molecule has 1 unspecified atom stereocenters. The van der Waals surface area contributed by atoms with Crippen LogP contribution in [0.1, 0.15) is 33.6 Å². The van der Waals surface area contributed by atoms with E-state index in [2.05, 4.69) is 5.32 Å². The van der Waals surface area contributed by atoms with E-state index < -0.39 is 29.7 Å². The van der Waals surface area contributed by atoms with Crippen molar-refractivity contribution in [3.05, 3.63) is 47.5 Å². The maximum atomic E-state index is 13.3. The van der Waals surface area contributed by atoms with Crippen molar-refractivity contribution in [3.8, 4) is 11.5 Å². The Hall–Kier alpha value is -3.96. The van der Waals surface area contributed by atoms with Gasteiger partial charge in [0.15, 0.2) is 0 Å². The molecule has 0 aliphatic carbocycles. The summed E-state index contributed by atoms with van der Waals surface area (Å²) < 4.78 is 11.2. The van der Waals surface area contributed by atoms with Crippen molar-refractivity contribution in [2.75, 3.05) is 39.7 Å². The third-order valence-corrected chi connectivity index (χ3v) is 5.93. The number of piperidine rings is 1. The number of carbonyl (C=O) groups is 4. The highest BCUT2D eigenvalue weighted by atomic mass is 16.5. The predicted octanol–water partition coefficient (Wildman–Crippen LogP) is 1.37. The van der Waals surface area contributed by atoms with Crippen LogP contribution in [0.5, 0.6) is 11.5 Å². The van der Waals surface area contributed by atoms with Crippen LogP contribution in [-0.2, 0) is 9.59 Å². The standard InChI is InChI=1S/C24H27N5O6/c1-27(2)11-12-35-14-7-8-16(19(13-14)34-3)26-17-6-4-5-15-21(17)24(33)28(22(15)31)18-9-10-20(30)29(25)23(18)32/h4-8,13,18,26H,9-12,25H2,1-3H3. The molecular formula is C24H27N5O6. The molecular weight excluding hydrogens is 454 g/mol. The molecule has 1 atom stereocenters. The first-order chi connectivity index (χ1) is 16.7. The van der Waals surface area contributed by atoms with E-state index >= 15 is 0 Å². The van der Waals surface area contributed by atoms with E-state index in [4.69, 9.17) is 15.3 Å². The lowest BCUT2D eigenvalue weighted by atomic mass is 10.0. The highest BCUT2D eigenvalue weighted by Crippen LogP contribution is 2.37. The van der Waals surface area contributed by atoms with Gasteiger partial charge in [-0.15, -0.1) is 0 Å². The van der Waals surface area contributed by atoms with Crippen LogP contribution in [0.15, 0.2) is 36.4 Å². The van der Waals surface area contributed by atoms with Gasteiger partial charge in [-0.25, -0.2) is 10.9 Å². The molecule has 0 spiro atoms. The van der Waals surface area contributed by atoms with Gasteiger partial charge in [-0.1, -0.05) is 6.07 Å². The molecule has 35 heavy (non-hydrogen) atoms. The summed E-state index contributed by atoms with van der Waals surface area (Å²) in [6.07, 6.45) is -0.00567. The van der Waals surface area contributed by atoms with E-state index in [1.165, 1.54) is 13.2 Å². The predicted molar refractivity (Wildman–Crippen MR) is 126 cm³/mol. The molecule has 2 heterocycles. The van der Waals surface area contributed by atoms with E-state index in [0.29, 0.717) is 34.5 Å². The average Bonchev–Trinajstić information content (AvgIpc) is 3.09. The van der Waals surface area contributed by atoms with Crippen LogP contribution in [0.4, 0.5) is 11.4 Å². The smallest absolute Gasteiger partial charge is 0.266 e. The zero-order chi connectivity index (χ0) is 25.3. The molecule has 4 rings (SSSR count). The Kier molecular flexibility index (Phi) is 6.72. The molecule has 0 bridgehead atoms. The van der Waals surface area contributed by atoms with E-state index in [0.717, 1.165) is 11.4 Å². The van der Waals surface area contributed by atoms with Gasteiger partial charge in [0.25, 0.3) is 17.7 Å². The van der Waals surface area contributed by atoms with Crippen molar-refractivity contribution in [1.29, 1.82) is 0 Å². The minimum atomic E-state index is -1.13. The lowest BCUT2D eigenvalue weighted by molar-refractivity contribution is -0.151. The topological polar surface area (TPSA) is 135 Å². The van der Waals surface area contributed by atoms with Crippen molar-refractivity contribution in [1.82, 2.24) is 14.8 Å². The number of hydrogen-bond donors (Lipinski definition) is 2. The van der Waals surface area contributed by atoms with Gasteiger partial charge in [-0.05, 0) is 44.8 Å². The summed E-state index contributed by atoms with van der Waals surface area (Å²) in [6, 6.07) is 8.96. The van der Waals surface area contributed by atoms with Crippen LogP contribution in [-0.4, -0.2) is 78.8 Å². The quantitative estimate of drug-likeness (QED) is 0.326. The Morgan fingerprint density at radius 3 is 2.57 bits per heavy atom. The van der Waals surface area contributed by atoms with E-state index in [-0.39, 0.29) is 24.0 Å². The summed E-state index contributed by atoms with van der Waals surface area (Å²) in [7, 11) is 5.43. The van der Waals surface area contributed by atoms with Gasteiger partial charge in [0.1, 0.15) is 24.1 Å². The molecule has 2 aromatic carbocycles. The number of likely N-dealkylation sites (N-methyl/N-ethyl adjacent to an activating group) is 1. The number of hydrogen-bond acceptors (Lipinski definition) is 9. The van der Waals surface area contributed by atoms with Crippen LogP contribution >= 0.6 is 0 Å². The summed E-state index contributed by atoms with van der Waals surface area (Å²) in [5.74, 6) is 4.09. The first kappa shape index (κ1) is 24.2. The molecule has 184 valence electrons. The first-order valence-electron chi connectivity index (χ1n) is 11.1. The Morgan fingerprint density at radius 1 is 1.09 bits per heavy atom. The summed E-state index contributed by atoms with van der Waals surface area (Å²) in [5.41, 5.74) is 1.24. The van der Waals surface area contributed by atoms with E-state index in [1.54, 1.807) is 30.3 Å². The van der Waals surface area contributed by atoms with Gasteiger partial charge < -0.3 is 19.7 Å². The number of fused-ring (bicyclic) bond motifs is 1. The number of nitrogens with two attached hydrogens (primary N) is 1. The van der Waals surface area contributed by atoms with Gasteiger partial charge in [0.2, 0.25) is 5.91 Å². The Bertz CT molecular complexity index is 1200. The van der Waals surface area contributed by atoms with Gasteiger partial charge in [0, 0.05) is 19.0 Å². The van der Waals surface area contributed by atoms with E-state index in [1.807, 2.05) is 19.0 Å². The molecule has 11 nitrogen and oxygen atoms in total. The van der Waals surface area contributed by atoms with Gasteiger partial charge in [0.05, 0.1) is 29.6 Å². The van der Waals surface area contributed by atoms with Crippen molar-refractivity contribution in [3.63, 3.8) is 0 Å². The third-order valence-electron chi connectivity index (χ3n) is 5.93. The number of methoxy groups -OCH3 is 1. The number of nitrogens with zero attached hydrogens (tertiary/aromatic N) is 3. The Morgan fingerprint density at radius 2 is 1.86 bits per heavy atom. The summed E-state index contributed by atoms with van der Waals surface area (Å²) in [6.45, 7) is 1.26. The lowest BCUT2D eigenvalue weighted by Gasteiger charge is -2.31. The zero-order valence-corrected chi connectivity index (χ0v) is 19.7. The molecule has 1 fully saturated rings. The largest absolute Gasteiger partial charge is 0.494 e. The van der Waals surface area contributed by atoms with Gasteiger partial charge in [-0.2, -0.15) is 0 Å². The highest BCUT2D eigenvalue weighted by Gasteiger charge is 2.47. The molecule has 0 saturated carbocycles.